The smallest absolute Gasteiger partial charge is 0.335 e. The Bertz CT molecular complexity index is 520. The number of carboxylic acids is 1. The molecule has 17 heavy (non-hydrogen) atoms. The highest BCUT2D eigenvalue weighted by molar-refractivity contribution is 5.88. The molecule has 5 nitrogen and oxygen atoms in total. The molecule has 5 heteroatoms. The SMILES string of the molecule is Cc1ncc(Nc2ccc(C(=O)O)cc2)cn1. The van der Waals surface area contributed by atoms with Crippen molar-refractivity contribution in [2.24, 2.45) is 0 Å². The molecule has 2 rings (SSSR count). The molecule has 1 aromatic heterocycles. The maximum atomic E-state index is 10.7. The third-order valence-electron chi connectivity index (χ3n) is 2.20. The van der Waals surface area contributed by atoms with Gasteiger partial charge in [0.25, 0.3) is 0 Å². The lowest BCUT2D eigenvalue weighted by Gasteiger charge is -2.05. The van der Waals surface area contributed by atoms with E-state index in [4.69, 9.17) is 5.11 Å². The Kier molecular flexibility index (Phi) is 3.00. The van der Waals surface area contributed by atoms with Gasteiger partial charge in [-0.3, -0.25) is 0 Å². The predicted molar refractivity (Wildman–Crippen MR) is 63.5 cm³/mol. The van der Waals surface area contributed by atoms with Crippen molar-refractivity contribution < 1.29 is 9.90 Å². The normalized spacial score (nSPS) is 9.94. The van der Waals surface area contributed by atoms with E-state index in [1.807, 2.05) is 6.92 Å². The summed E-state index contributed by atoms with van der Waals surface area (Å²) in [5, 5.41) is 11.8. The molecule has 0 saturated carbocycles. The van der Waals surface area contributed by atoms with Gasteiger partial charge in [-0.2, -0.15) is 0 Å². The molecule has 0 saturated heterocycles. The van der Waals surface area contributed by atoms with Gasteiger partial charge < -0.3 is 10.4 Å². The number of carboxylic acid groups (broad SMARTS) is 1. The van der Waals surface area contributed by atoms with E-state index in [2.05, 4.69) is 15.3 Å². The largest absolute Gasteiger partial charge is 0.478 e. The van der Waals surface area contributed by atoms with Gasteiger partial charge in [0.15, 0.2) is 0 Å². The topological polar surface area (TPSA) is 75.1 Å². The fraction of sp³-hybridized carbons (Fsp3) is 0.0833. The number of benzene rings is 1. The molecular formula is C12H11N3O2. The fourth-order valence-electron chi connectivity index (χ4n) is 1.32. The Hall–Kier alpha value is -2.43. The zero-order valence-electron chi connectivity index (χ0n) is 9.21. The molecule has 2 aromatic rings. The molecule has 2 N–H and O–H groups in total. The minimum absolute atomic E-state index is 0.260. The second kappa shape index (κ2) is 4.61. The van der Waals surface area contributed by atoms with Gasteiger partial charge in [-0.05, 0) is 31.2 Å². The molecule has 0 atom stereocenters. The van der Waals surface area contributed by atoms with E-state index in [0.717, 1.165) is 11.4 Å². The third kappa shape index (κ3) is 2.78. The summed E-state index contributed by atoms with van der Waals surface area (Å²) in [6.07, 6.45) is 3.35. The first-order valence-electron chi connectivity index (χ1n) is 5.04. The highest BCUT2D eigenvalue weighted by atomic mass is 16.4. The van der Waals surface area contributed by atoms with Crippen LogP contribution in [0.2, 0.25) is 0 Å². The van der Waals surface area contributed by atoms with Gasteiger partial charge in [0.05, 0.1) is 23.6 Å². The van der Waals surface area contributed by atoms with Gasteiger partial charge in [-0.1, -0.05) is 0 Å². The number of rotatable bonds is 3. The van der Waals surface area contributed by atoms with Crippen molar-refractivity contribution in [1.82, 2.24) is 9.97 Å². The van der Waals surface area contributed by atoms with E-state index in [-0.39, 0.29) is 5.56 Å². The van der Waals surface area contributed by atoms with Gasteiger partial charge in [0, 0.05) is 5.69 Å². The number of aromatic carboxylic acids is 1. The summed E-state index contributed by atoms with van der Waals surface area (Å²) in [4.78, 5) is 18.8. The van der Waals surface area contributed by atoms with E-state index in [0.29, 0.717) is 5.82 Å². The summed E-state index contributed by atoms with van der Waals surface area (Å²) < 4.78 is 0. The average Bonchev–Trinajstić information content (AvgIpc) is 2.33. The van der Waals surface area contributed by atoms with Crippen molar-refractivity contribution in [2.45, 2.75) is 6.92 Å². The van der Waals surface area contributed by atoms with E-state index in [1.54, 1.807) is 36.7 Å². The van der Waals surface area contributed by atoms with Crippen LogP contribution in [0.1, 0.15) is 16.2 Å². The Morgan fingerprint density at radius 3 is 2.24 bits per heavy atom. The molecule has 0 unspecified atom stereocenters. The lowest BCUT2D eigenvalue weighted by molar-refractivity contribution is 0.0697. The number of hydrogen-bond donors (Lipinski definition) is 2. The van der Waals surface area contributed by atoms with Crippen molar-refractivity contribution in [3.63, 3.8) is 0 Å². The van der Waals surface area contributed by atoms with Crippen LogP contribution in [0.5, 0.6) is 0 Å². The first kappa shape index (κ1) is 11.1. The van der Waals surface area contributed by atoms with Crippen LogP contribution < -0.4 is 5.32 Å². The van der Waals surface area contributed by atoms with Crippen molar-refractivity contribution in [3.05, 3.63) is 48.0 Å². The molecule has 0 fully saturated rings. The van der Waals surface area contributed by atoms with Gasteiger partial charge in [0.2, 0.25) is 0 Å². The first-order valence-corrected chi connectivity index (χ1v) is 5.04. The summed E-state index contributed by atoms with van der Waals surface area (Å²) in [7, 11) is 0. The van der Waals surface area contributed by atoms with Gasteiger partial charge in [-0.25, -0.2) is 14.8 Å². The number of anilines is 2. The van der Waals surface area contributed by atoms with Crippen LogP contribution in [0.15, 0.2) is 36.7 Å². The van der Waals surface area contributed by atoms with Crippen LogP contribution in [-0.2, 0) is 0 Å². The maximum absolute atomic E-state index is 10.7. The molecule has 1 heterocycles. The van der Waals surface area contributed by atoms with E-state index in [9.17, 15) is 4.79 Å². The number of carbonyl (C=O) groups is 1. The Labute approximate surface area is 98.2 Å². The lowest BCUT2D eigenvalue weighted by Crippen LogP contribution is -1.97. The van der Waals surface area contributed by atoms with Crippen molar-refractivity contribution in [3.8, 4) is 0 Å². The molecule has 0 spiro atoms. The van der Waals surface area contributed by atoms with Gasteiger partial charge in [-0.15, -0.1) is 0 Å². The molecule has 1 aromatic carbocycles. The lowest BCUT2D eigenvalue weighted by atomic mass is 10.2. The molecule has 0 aliphatic rings. The summed E-state index contributed by atoms with van der Waals surface area (Å²) in [6, 6.07) is 6.48. The first-order chi connectivity index (χ1) is 8.15. The summed E-state index contributed by atoms with van der Waals surface area (Å²) in [6.45, 7) is 1.81. The Morgan fingerprint density at radius 1 is 1.12 bits per heavy atom. The standard InChI is InChI=1S/C12H11N3O2/c1-8-13-6-11(7-14-8)15-10-4-2-9(3-5-10)12(16)17/h2-7,15H,1H3,(H,16,17). The quantitative estimate of drug-likeness (QED) is 0.844. The predicted octanol–water partition coefficient (Wildman–Crippen LogP) is 2.23. The number of aryl methyl sites for hydroxylation is 1. The summed E-state index contributed by atoms with van der Waals surface area (Å²) in [5.74, 6) is -0.230. The summed E-state index contributed by atoms with van der Waals surface area (Å²) >= 11 is 0. The Balaban J connectivity index is 2.13. The summed E-state index contributed by atoms with van der Waals surface area (Å²) in [5.41, 5.74) is 1.82. The third-order valence-corrected chi connectivity index (χ3v) is 2.20. The average molecular weight is 229 g/mol. The highest BCUT2D eigenvalue weighted by Crippen LogP contribution is 2.15. The van der Waals surface area contributed by atoms with Crippen LogP contribution in [-0.4, -0.2) is 21.0 Å². The molecule has 0 aliphatic carbocycles. The molecule has 0 bridgehead atoms. The zero-order chi connectivity index (χ0) is 12.3. The van der Waals surface area contributed by atoms with Crippen LogP contribution >= 0.6 is 0 Å². The molecule has 0 amide bonds. The Morgan fingerprint density at radius 2 is 1.71 bits per heavy atom. The monoisotopic (exact) mass is 229 g/mol. The molecule has 0 radical (unpaired) electrons. The minimum Gasteiger partial charge on any atom is -0.478 e. The highest BCUT2D eigenvalue weighted by Gasteiger charge is 2.01. The van der Waals surface area contributed by atoms with Crippen molar-refractivity contribution >= 4 is 17.3 Å². The molecule has 0 aliphatic heterocycles. The van der Waals surface area contributed by atoms with E-state index >= 15 is 0 Å². The fourth-order valence-corrected chi connectivity index (χ4v) is 1.32. The minimum atomic E-state index is -0.935. The van der Waals surface area contributed by atoms with E-state index in [1.165, 1.54) is 0 Å². The zero-order valence-corrected chi connectivity index (χ0v) is 9.21. The number of nitrogens with zero attached hydrogens (tertiary/aromatic N) is 2. The van der Waals surface area contributed by atoms with Gasteiger partial charge >= 0.3 is 5.97 Å². The second-order valence-electron chi connectivity index (χ2n) is 3.53. The number of hydrogen-bond acceptors (Lipinski definition) is 4. The number of nitrogens with one attached hydrogen (secondary N) is 1. The van der Waals surface area contributed by atoms with Crippen LogP contribution in [0.25, 0.3) is 0 Å². The van der Waals surface area contributed by atoms with Crippen LogP contribution in [0.3, 0.4) is 0 Å². The maximum Gasteiger partial charge on any atom is 0.335 e. The number of aromatic nitrogens is 2. The van der Waals surface area contributed by atoms with Crippen molar-refractivity contribution in [1.29, 1.82) is 0 Å². The molecular weight excluding hydrogens is 218 g/mol. The van der Waals surface area contributed by atoms with E-state index < -0.39 is 5.97 Å². The second-order valence-corrected chi connectivity index (χ2v) is 3.53. The van der Waals surface area contributed by atoms with Crippen LogP contribution in [0, 0.1) is 6.92 Å². The van der Waals surface area contributed by atoms with Gasteiger partial charge in [0.1, 0.15) is 5.82 Å². The van der Waals surface area contributed by atoms with Crippen molar-refractivity contribution in [2.75, 3.05) is 5.32 Å². The molecule has 86 valence electrons. The van der Waals surface area contributed by atoms with Crippen LogP contribution in [0.4, 0.5) is 11.4 Å².